The van der Waals surface area contributed by atoms with E-state index in [4.69, 9.17) is 0 Å². The summed E-state index contributed by atoms with van der Waals surface area (Å²) in [6.45, 7) is 10.0. The van der Waals surface area contributed by atoms with Crippen molar-refractivity contribution in [2.24, 2.45) is 5.41 Å². The lowest BCUT2D eigenvalue weighted by Crippen LogP contribution is -2.36. The monoisotopic (exact) mass is 275 g/mol. The van der Waals surface area contributed by atoms with Gasteiger partial charge in [0.1, 0.15) is 0 Å². The zero-order valence-electron chi connectivity index (χ0n) is 13.4. The summed E-state index contributed by atoms with van der Waals surface area (Å²) in [7, 11) is 0. The molecule has 0 radical (unpaired) electrons. The highest BCUT2D eigenvalue weighted by Crippen LogP contribution is 2.37. The van der Waals surface area contributed by atoms with Crippen molar-refractivity contribution in [1.82, 2.24) is 5.32 Å². The topological polar surface area (TPSA) is 32.3 Å². The predicted octanol–water partition coefficient (Wildman–Crippen LogP) is 3.82. The van der Waals surface area contributed by atoms with E-state index < -0.39 is 0 Å². The van der Waals surface area contributed by atoms with Crippen LogP contribution in [0.3, 0.4) is 0 Å². The standard InChI is InChI=1S/C18H29NO/c1-13-9-14(2)17(15(3)10-13)16(4)19-11-18(12-20)7-5-6-8-18/h9-10,16,19-20H,5-8,11-12H2,1-4H3. The largest absolute Gasteiger partial charge is 0.396 e. The van der Waals surface area contributed by atoms with Gasteiger partial charge in [-0.2, -0.15) is 0 Å². The number of hydrogen-bond donors (Lipinski definition) is 2. The van der Waals surface area contributed by atoms with Crippen LogP contribution in [0.2, 0.25) is 0 Å². The van der Waals surface area contributed by atoms with Gasteiger partial charge in [0.05, 0.1) is 0 Å². The molecular weight excluding hydrogens is 246 g/mol. The van der Waals surface area contributed by atoms with E-state index in [0.29, 0.717) is 12.6 Å². The zero-order valence-corrected chi connectivity index (χ0v) is 13.4. The van der Waals surface area contributed by atoms with Gasteiger partial charge in [-0.25, -0.2) is 0 Å². The molecule has 0 aromatic heterocycles. The molecule has 1 saturated carbocycles. The van der Waals surface area contributed by atoms with Crippen molar-refractivity contribution < 1.29 is 5.11 Å². The third-order valence-electron chi connectivity index (χ3n) is 4.95. The van der Waals surface area contributed by atoms with Gasteiger partial charge in [0, 0.05) is 24.6 Å². The molecule has 0 amide bonds. The Morgan fingerprint density at radius 1 is 1.15 bits per heavy atom. The van der Waals surface area contributed by atoms with Crippen LogP contribution in [0, 0.1) is 26.2 Å². The minimum Gasteiger partial charge on any atom is -0.396 e. The van der Waals surface area contributed by atoms with Crippen molar-refractivity contribution in [3.05, 3.63) is 34.4 Å². The summed E-state index contributed by atoms with van der Waals surface area (Å²) in [6.07, 6.45) is 4.85. The summed E-state index contributed by atoms with van der Waals surface area (Å²) < 4.78 is 0. The Bertz CT molecular complexity index is 437. The predicted molar refractivity (Wildman–Crippen MR) is 85.1 cm³/mol. The molecule has 2 N–H and O–H groups in total. The average molecular weight is 275 g/mol. The molecule has 0 saturated heterocycles. The number of benzene rings is 1. The summed E-state index contributed by atoms with van der Waals surface area (Å²) >= 11 is 0. The van der Waals surface area contributed by atoms with Crippen molar-refractivity contribution >= 4 is 0 Å². The highest BCUT2D eigenvalue weighted by molar-refractivity contribution is 5.39. The highest BCUT2D eigenvalue weighted by Gasteiger charge is 2.33. The first-order chi connectivity index (χ1) is 9.47. The maximum Gasteiger partial charge on any atom is 0.0499 e. The molecule has 0 bridgehead atoms. The fraction of sp³-hybridized carbons (Fsp3) is 0.667. The Hall–Kier alpha value is -0.860. The van der Waals surface area contributed by atoms with Crippen LogP contribution in [0.1, 0.15) is 60.9 Å². The molecule has 20 heavy (non-hydrogen) atoms. The molecule has 1 aliphatic carbocycles. The first-order valence-corrected chi connectivity index (χ1v) is 7.89. The van der Waals surface area contributed by atoms with Gasteiger partial charge in [-0.3, -0.25) is 0 Å². The third kappa shape index (κ3) is 3.24. The molecule has 1 atom stereocenters. The van der Waals surface area contributed by atoms with E-state index >= 15 is 0 Å². The Kier molecular flexibility index (Phi) is 4.87. The molecule has 0 heterocycles. The van der Waals surface area contributed by atoms with Gasteiger partial charge in [0.2, 0.25) is 0 Å². The van der Waals surface area contributed by atoms with E-state index in [1.165, 1.54) is 35.1 Å². The Balaban J connectivity index is 2.07. The summed E-state index contributed by atoms with van der Waals surface area (Å²) in [6, 6.07) is 4.87. The molecule has 1 unspecified atom stereocenters. The second-order valence-electron chi connectivity index (χ2n) is 6.78. The Labute approximate surface area is 123 Å². The fourth-order valence-electron chi connectivity index (χ4n) is 3.86. The van der Waals surface area contributed by atoms with Crippen LogP contribution in [0.5, 0.6) is 0 Å². The second kappa shape index (κ2) is 6.28. The number of aliphatic hydroxyl groups is 1. The van der Waals surface area contributed by atoms with Crippen LogP contribution >= 0.6 is 0 Å². The molecule has 1 aromatic carbocycles. The van der Waals surface area contributed by atoms with E-state index in [2.05, 4.69) is 45.1 Å². The van der Waals surface area contributed by atoms with Crippen LogP contribution in [-0.2, 0) is 0 Å². The van der Waals surface area contributed by atoms with E-state index in [0.717, 1.165) is 19.4 Å². The fourth-order valence-corrected chi connectivity index (χ4v) is 3.86. The molecule has 1 aliphatic rings. The lowest BCUT2D eigenvalue weighted by atomic mass is 9.86. The molecule has 2 heteroatoms. The highest BCUT2D eigenvalue weighted by atomic mass is 16.3. The first kappa shape index (κ1) is 15.5. The number of rotatable bonds is 5. The normalized spacial score (nSPS) is 19.2. The van der Waals surface area contributed by atoms with E-state index in [1.807, 2.05) is 0 Å². The summed E-state index contributed by atoms with van der Waals surface area (Å²) in [5, 5.41) is 13.4. The lowest BCUT2D eigenvalue weighted by Gasteiger charge is -2.30. The summed E-state index contributed by atoms with van der Waals surface area (Å²) in [4.78, 5) is 0. The average Bonchev–Trinajstić information content (AvgIpc) is 2.84. The molecule has 2 nitrogen and oxygen atoms in total. The number of aryl methyl sites for hydroxylation is 3. The summed E-state index contributed by atoms with van der Waals surface area (Å²) in [5.74, 6) is 0. The molecule has 0 aliphatic heterocycles. The van der Waals surface area contributed by atoms with E-state index in [1.54, 1.807) is 0 Å². The van der Waals surface area contributed by atoms with Crippen LogP contribution < -0.4 is 5.32 Å². The quantitative estimate of drug-likeness (QED) is 0.856. The first-order valence-electron chi connectivity index (χ1n) is 7.89. The maximum absolute atomic E-state index is 9.71. The van der Waals surface area contributed by atoms with Crippen LogP contribution in [-0.4, -0.2) is 18.3 Å². The molecular formula is C18H29NO. The number of aliphatic hydroxyl groups excluding tert-OH is 1. The SMILES string of the molecule is Cc1cc(C)c(C(C)NCC2(CO)CCCC2)c(C)c1. The van der Waals surface area contributed by atoms with Gasteiger partial charge >= 0.3 is 0 Å². The number of hydrogen-bond acceptors (Lipinski definition) is 2. The Morgan fingerprint density at radius 2 is 1.70 bits per heavy atom. The van der Waals surface area contributed by atoms with Crippen molar-refractivity contribution in [1.29, 1.82) is 0 Å². The molecule has 0 spiro atoms. The van der Waals surface area contributed by atoms with Crippen molar-refractivity contribution in [3.8, 4) is 0 Å². The lowest BCUT2D eigenvalue weighted by molar-refractivity contribution is 0.125. The van der Waals surface area contributed by atoms with Gasteiger partial charge in [-0.15, -0.1) is 0 Å². The van der Waals surface area contributed by atoms with Crippen LogP contribution in [0.25, 0.3) is 0 Å². The van der Waals surface area contributed by atoms with Gasteiger partial charge in [-0.05, 0) is 57.2 Å². The van der Waals surface area contributed by atoms with Gasteiger partial charge in [0.15, 0.2) is 0 Å². The van der Waals surface area contributed by atoms with Gasteiger partial charge < -0.3 is 10.4 Å². The van der Waals surface area contributed by atoms with Crippen molar-refractivity contribution in [3.63, 3.8) is 0 Å². The zero-order chi connectivity index (χ0) is 14.8. The van der Waals surface area contributed by atoms with Crippen molar-refractivity contribution in [2.75, 3.05) is 13.2 Å². The Morgan fingerprint density at radius 3 is 2.20 bits per heavy atom. The van der Waals surface area contributed by atoms with Gasteiger partial charge in [-0.1, -0.05) is 30.5 Å². The number of nitrogens with one attached hydrogen (secondary N) is 1. The molecule has 2 rings (SSSR count). The minimum atomic E-state index is 0.126. The molecule has 1 fully saturated rings. The smallest absolute Gasteiger partial charge is 0.0499 e. The maximum atomic E-state index is 9.71. The van der Waals surface area contributed by atoms with Crippen LogP contribution in [0.15, 0.2) is 12.1 Å². The van der Waals surface area contributed by atoms with Crippen LogP contribution in [0.4, 0.5) is 0 Å². The van der Waals surface area contributed by atoms with Gasteiger partial charge in [0.25, 0.3) is 0 Å². The minimum absolute atomic E-state index is 0.126. The van der Waals surface area contributed by atoms with E-state index in [-0.39, 0.29) is 5.41 Å². The molecule has 112 valence electrons. The second-order valence-corrected chi connectivity index (χ2v) is 6.78. The molecule has 1 aromatic rings. The summed E-state index contributed by atoms with van der Waals surface area (Å²) in [5.41, 5.74) is 5.61. The third-order valence-corrected chi connectivity index (χ3v) is 4.95. The van der Waals surface area contributed by atoms with E-state index in [9.17, 15) is 5.11 Å². The van der Waals surface area contributed by atoms with Crippen molar-refractivity contribution in [2.45, 2.75) is 59.4 Å².